The smallest absolute Gasteiger partial charge is 0.129 e. The second-order valence-corrected chi connectivity index (χ2v) is 4.52. The van der Waals surface area contributed by atoms with Gasteiger partial charge in [-0.1, -0.05) is 13.8 Å². The summed E-state index contributed by atoms with van der Waals surface area (Å²) in [5.74, 6) is 0.929. The van der Waals surface area contributed by atoms with Crippen LogP contribution in [-0.4, -0.2) is 26.9 Å². The fraction of sp³-hybridized carbons (Fsp3) is 0.667. The van der Waals surface area contributed by atoms with E-state index in [9.17, 15) is 0 Å². The van der Waals surface area contributed by atoms with Crippen LogP contribution < -0.4 is 10.1 Å². The Morgan fingerprint density at radius 3 is 2.81 bits per heavy atom. The van der Waals surface area contributed by atoms with Gasteiger partial charge in [-0.05, 0) is 19.0 Å². The Morgan fingerprint density at radius 2 is 2.25 bits per heavy atom. The summed E-state index contributed by atoms with van der Waals surface area (Å²) in [6, 6.07) is 2.36. The van der Waals surface area contributed by atoms with Crippen molar-refractivity contribution in [3.8, 4) is 5.75 Å². The van der Waals surface area contributed by atoms with Gasteiger partial charge in [0.2, 0.25) is 0 Å². The molecule has 4 heteroatoms. The van der Waals surface area contributed by atoms with E-state index in [0.29, 0.717) is 0 Å². The third-order valence-corrected chi connectivity index (χ3v) is 3.28. The lowest BCUT2D eigenvalue weighted by Crippen LogP contribution is -2.24. The van der Waals surface area contributed by atoms with Crippen molar-refractivity contribution in [1.29, 1.82) is 0 Å². The summed E-state index contributed by atoms with van der Waals surface area (Å²) in [6.07, 6.45) is 1.06. The Hall–Kier alpha value is -0.580. The van der Waals surface area contributed by atoms with Crippen LogP contribution in [-0.2, 0) is 4.74 Å². The number of thiophene rings is 1. The minimum absolute atomic E-state index is 0.283. The van der Waals surface area contributed by atoms with E-state index in [4.69, 9.17) is 9.47 Å². The van der Waals surface area contributed by atoms with Gasteiger partial charge >= 0.3 is 0 Å². The average Bonchev–Trinajstić information content (AvgIpc) is 2.76. The predicted molar refractivity (Wildman–Crippen MR) is 68.4 cm³/mol. The zero-order chi connectivity index (χ0) is 11.8. The van der Waals surface area contributed by atoms with Gasteiger partial charge in [0.1, 0.15) is 5.75 Å². The maximum absolute atomic E-state index is 5.60. The van der Waals surface area contributed by atoms with Gasteiger partial charge < -0.3 is 14.8 Å². The summed E-state index contributed by atoms with van der Waals surface area (Å²) in [7, 11) is 1.70. The number of hydrogen-bond donors (Lipinski definition) is 1. The first kappa shape index (κ1) is 13.5. The summed E-state index contributed by atoms with van der Waals surface area (Å²) in [5, 5.41) is 5.45. The molecule has 1 atom stereocenters. The van der Waals surface area contributed by atoms with Gasteiger partial charge in [0.05, 0.1) is 19.8 Å². The van der Waals surface area contributed by atoms with E-state index in [1.807, 2.05) is 5.38 Å². The van der Waals surface area contributed by atoms with Crippen molar-refractivity contribution in [1.82, 2.24) is 5.32 Å². The normalized spacial score (nSPS) is 12.7. The van der Waals surface area contributed by atoms with Gasteiger partial charge in [-0.2, -0.15) is 0 Å². The largest absolute Gasteiger partial charge is 0.496 e. The summed E-state index contributed by atoms with van der Waals surface area (Å²) < 4.78 is 10.8. The first-order valence-corrected chi connectivity index (χ1v) is 6.63. The molecular weight excluding hydrogens is 222 g/mol. The van der Waals surface area contributed by atoms with E-state index in [1.54, 1.807) is 18.4 Å². The highest BCUT2D eigenvalue weighted by Gasteiger charge is 2.13. The van der Waals surface area contributed by atoms with Crippen molar-refractivity contribution in [3.63, 3.8) is 0 Å². The van der Waals surface area contributed by atoms with Crippen molar-refractivity contribution in [2.24, 2.45) is 0 Å². The van der Waals surface area contributed by atoms with E-state index in [-0.39, 0.29) is 6.04 Å². The molecule has 92 valence electrons. The van der Waals surface area contributed by atoms with Crippen LogP contribution in [0.2, 0.25) is 0 Å². The monoisotopic (exact) mass is 243 g/mol. The van der Waals surface area contributed by atoms with Crippen molar-refractivity contribution >= 4 is 11.3 Å². The number of likely N-dealkylation sites (N-methyl/N-ethyl adjacent to an activating group) is 1. The zero-order valence-electron chi connectivity index (χ0n) is 10.3. The molecule has 0 saturated heterocycles. The molecule has 1 aromatic rings. The summed E-state index contributed by atoms with van der Waals surface area (Å²) in [5.41, 5.74) is 0. The molecule has 16 heavy (non-hydrogen) atoms. The molecule has 0 saturated carbocycles. The molecular formula is C12H21NO2S. The van der Waals surface area contributed by atoms with E-state index in [0.717, 1.165) is 31.9 Å². The first-order valence-electron chi connectivity index (χ1n) is 5.75. The van der Waals surface area contributed by atoms with Crippen LogP contribution in [0, 0.1) is 0 Å². The van der Waals surface area contributed by atoms with Gasteiger partial charge in [0, 0.05) is 16.9 Å². The van der Waals surface area contributed by atoms with E-state index in [1.165, 1.54) is 4.88 Å². The minimum atomic E-state index is 0.283. The molecule has 0 amide bonds. The molecule has 1 rings (SSSR count). The van der Waals surface area contributed by atoms with Crippen LogP contribution in [0.5, 0.6) is 5.75 Å². The summed E-state index contributed by atoms with van der Waals surface area (Å²) >= 11 is 1.71. The van der Waals surface area contributed by atoms with Crippen molar-refractivity contribution in [3.05, 3.63) is 16.3 Å². The Balaban J connectivity index is 2.54. The molecule has 0 aliphatic carbocycles. The number of hydrogen-bond acceptors (Lipinski definition) is 4. The van der Waals surface area contributed by atoms with Crippen molar-refractivity contribution in [2.75, 3.05) is 26.9 Å². The fourth-order valence-corrected chi connectivity index (χ4v) is 2.37. The first-order chi connectivity index (χ1) is 7.81. The number of rotatable bonds is 8. The zero-order valence-corrected chi connectivity index (χ0v) is 11.1. The Kier molecular flexibility index (Phi) is 6.45. The maximum atomic E-state index is 5.60. The molecule has 0 radical (unpaired) electrons. The molecule has 3 nitrogen and oxygen atoms in total. The lowest BCUT2D eigenvalue weighted by atomic mass is 10.2. The predicted octanol–water partition coefficient (Wildman–Crippen LogP) is 2.83. The van der Waals surface area contributed by atoms with Crippen LogP contribution in [0.15, 0.2) is 11.4 Å². The molecule has 1 heterocycles. The number of nitrogens with one attached hydrogen (secondary N) is 1. The maximum Gasteiger partial charge on any atom is 0.129 e. The van der Waals surface area contributed by atoms with Gasteiger partial charge in [-0.25, -0.2) is 0 Å². The number of ether oxygens (including phenoxy) is 2. The summed E-state index contributed by atoms with van der Waals surface area (Å²) in [4.78, 5) is 1.27. The van der Waals surface area contributed by atoms with Gasteiger partial charge in [0.25, 0.3) is 0 Å². The topological polar surface area (TPSA) is 30.5 Å². The van der Waals surface area contributed by atoms with Gasteiger partial charge in [-0.3, -0.25) is 0 Å². The van der Waals surface area contributed by atoms with Crippen LogP contribution in [0.25, 0.3) is 0 Å². The molecule has 0 aliphatic rings. The minimum Gasteiger partial charge on any atom is -0.496 e. The highest BCUT2D eigenvalue weighted by atomic mass is 32.1. The molecule has 1 N–H and O–H groups in total. The van der Waals surface area contributed by atoms with Gasteiger partial charge in [-0.15, -0.1) is 11.3 Å². The SMILES string of the molecule is CCCOCC(NCC)c1cc(OC)cs1. The molecule has 1 aromatic heterocycles. The van der Waals surface area contributed by atoms with Crippen LogP contribution >= 0.6 is 11.3 Å². The second kappa shape index (κ2) is 7.65. The molecule has 0 spiro atoms. The van der Waals surface area contributed by atoms with E-state index < -0.39 is 0 Å². The summed E-state index contributed by atoms with van der Waals surface area (Å²) in [6.45, 7) is 6.73. The third-order valence-electron chi connectivity index (χ3n) is 2.26. The molecule has 0 aromatic carbocycles. The molecule has 0 fully saturated rings. The lowest BCUT2D eigenvalue weighted by Gasteiger charge is -2.16. The van der Waals surface area contributed by atoms with Crippen LogP contribution in [0.1, 0.15) is 31.2 Å². The fourth-order valence-electron chi connectivity index (χ4n) is 1.46. The second-order valence-electron chi connectivity index (χ2n) is 3.57. The van der Waals surface area contributed by atoms with Crippen LogP contribution in [0.3, 0.4) is 0 Å². The molecule has 1 unspecified atom stereocenters. The molecule has 0 bridgehead atoms. The number of methoxy groups -OCH3 is 1. The van der Waals surface area contributed by atoms with Gasteiger partial charge in [0.15, 0.2) is 0 Å². The highest BCUT2D eigenvalue weighted by molar-refractivity contribution is 7.10. The standard InChI is InChI=1S/C12H21NO2S/c1-4-6-15-8-11(13-5-2)12-7-10(14-3)9-16-12/h7,9,11,13H,4-6,8H2,1-3H3. The Labute approximate surface area is 102 Å². The third kappa shape index (κ3) is 4.12. The molecule has 0 aliphatic heterocycles. The van der Waals surface area contributed by atoms with Crippen molar-refractivity contribution in [2.45, 2.75) is 26.3 Å². The quantitative estimate of drug-likeness (QED) is 0.712. The van der Waals surface area contributed by atoms with Crippen molar-refractivity contribution < 1.29 is 9.47 Å². The average molecular weight is 243 g/mol. The van der Waals surface area contributed by atoms with E-state index >= 15 is 0 Å². The highest BCUT2D eigenvalue weighted by Crippen LogP contribution is 2.27. The van der Waals surface area contributed by atoms with E-state index in [2.05, 4.69) is 25.2 Å². The Morgan fingerprint density at radius 1 is 1.44 bits per heavy atom. The van der Waals surface area contributed by atoms with Crippen LogP contribution in [0.4, 0.5) is 0 Å². The Bertz CT molecular complexity index is 288. The lowest BCUT2D eigenvalue weighted by molar-refractivity contribution is 0.113.